The number of rotatable bonds is 4. The predicted molar refractivity (Wildman–Crippen MR) is 104 cm³/mol. The van der Waals surface area contributed by atoms with Crippen LogP contribution >= 0.6 is 11.6 Å². The molecule has 1 aliphatic rings. The molecular formula is C19H20ClN5O2. The van der Waals surface area contributed by atoms with Gasteiger partial charge in [0.15, 0.2) is 5.65 Å². The van der Waals surface area contributed by atoms with E-state index in [-0.39, 0.29) is 12.5 Å². The SMILES string of the molecule is COc1cc(N2CCN(C(=O)Cn3ncc4cccnc43)CC2)ccc1Cl. The number of nitrogens with zero attached hydrogens (tertiary/aromatic N) is 5. The van der Waals surface area contributed by atoms with Crippen molar-refractivity contribution in [3.63, 3.8) is 0 Å². The summed E-state index contributed by atoms with van der Waals surface area (Å²) in [4.78, 5) is 21.1. The minimum Gasteiger partial charge on any atom is -0.495 e. The summed E-state index contributed by atoms with van der Waals surface area (Å²) in [5.74, 6) is 0.713. The van der Waals surface area contributed by atoms with E-state index in [0.717, 1.165) is 29.8 Å². The van der Waals surface area contributed by atoms with Crippen molar-refractivity contribution in [3.05, 3.63) is 47.7 Å². The van der Waals surface area contributed by atoms with E-state index in [2.05, 4.69) is 15.0 Å². The lowest BCUT2D eigenvalue weighted by Gasteiger charge is -2.36. The highest BCUT2D eigenvalue weighted by Gasteiger charge is 2.22. The molecule has 1 aromatic carbocycles. The lowest BCUT2D eigenvalue weighted by Crippen LogP contribution is -2.49. The summed E-state index contributed by atoms with van der Waals surface area (Å²) in [5.41, 5.74) is 1.78. The van der Waals surface area contributed by atoms with E-state index >= 15 is 0 Å². The maximum Gasteiger partial charge on any atom is 0.244 e. The van der Waals surface area contributed by atoms with E-state index in [1.807, 2.05) is 35.2 Å². The molecule has 7 nitrogen and oxygen atoms in total. The topological polar surface area (TPSA) is 63.5 Å². The maximum absolute atomic E-state index is 12.7. The number of halogens is 1. The van der Waals surface area contributed by atoms with Crippen molar-refractivity contribution in [2.24, 2.45) is 0 Å². The van der Waals surface area contributed by atoms with Gasteiger partial charge in [0.2, 0.25) is 5.91 Å². The third-order valence-corrected chi connectivity index (χ3v) is 5.13. The molecule has 8 heteroatoms. The van der Waals surface area contributed by atoms with Gasteiger partial charge in [0, 0.05) is 49.5 Å². The summed E-state index contributed by atoms with van der Waals surface area (Å²) >= 11 is 6.10. The zero-order valence-electron chi connectivity index (χ0n) is 15.0. The minimum atomic E-state index is 0.0546. The zero-order valence-corrected chi connectivity index (χ0v) is 15.8. The van der Waals surface area contributed by atoms with Crippen molar-refractivity contribution in [2.45, 2.75) is 6.54 Å². The van der Waals surface area contributed by atoms with E-state index in [1.165, 1.54) is 0 Å². The Kier molecular flexibility index (Phi) is 4.85. The molecule has 0 N–H and O–H groups in total. The van der Waals surface area contributed by atoms with E-state index in [4.69, 9.17) is 16.3 Å². The normalized spacial score (nSPS) is 14.6. The molecule has 0 saturated carbocycles. The molecule has 3 aromatic rings. The first-order valence-corrected chi connectivity index (χ1v) is 9.16. The quantitative estimate of drug-likeness (QED) is 0.690. The molecule has 0 aliphatic carbocycles. The van der Waals surface area contributed by atoms with Crippen LogP contribution in [0.15, 0.2) is 42.7 Å². The van der Waals surface area contributed by atoms with E-state index in [1.54, 1.807) is 24.2 Å². The molecule has 3 heterocycles. The van der Waals surface area contributed by atoms with Gasteiger partial charge in [0.1, 0.15) is 12.3 Å². The Morgan fingerprint density at radius 3 is 2.81 bits per heavy atom. The summed E-state index contributed by atoms with van der Waals surface area (Å²) in [7, 11) is 1.61. The molecule has 0 atom stereocenters. The van der Waals surface area contributed by atoms with Gasteiger partial charge in [-0.05, 0) is 24.3 Å². The van der Waals surface area contributed by atoms with Gasteiger partial charge in [-0.1, -0.05) is 11.6 Å². The summed E-state index contributed by atoms with van der Waals surface area (Å²) in [6.07, 6.45) is 3.45. The Hall–Kier alpha value is -2.80. The second-order valence-electron chi connectivity index (χ2n) is 6.41. The van der Waals surface area contributed by atoms with Crippen LogP contribution < -0.4 is 9.64 Å². The molecule has 4 rings (SSSR count). The molecule has 2 aromatic heterocycles. The van der Waals surface area contributed by atoms with Gasteiger partial charge in [-0.15, -0.1) is 0 Å². The van der Waals surface area contributed by atoms with Gasteiger partial charge >= 0.3 is 0 Å². The van der Waals surface area contributed by atoms with Gasteiger partial charge < -0.3 is 14.5 Å². The molecule has 1 fully saturated rings. The van der Waals surface area contributed by atoms with Gasteiger partial charge in [0.05, 0.1) is 18.3 Å². The first kappa shape index (κ1) is 17.6. The highest BCUT2D eigenvalue weighted by molar-refractivity contribution is 6.32. The number of benzene rings is 1. The van der Waals surface area contributed by atoms with Crippen molar-refractivity contribution in [3.8, 4) is 5.75 Å². The monoisotopic (exact) mass is 385 g/mol. The van der Waals surface area contributed by atoms with Gasteiger partial charge in [0.25, 0.3) is 0 Å². The number of carbonyl (C=O) groups is 1. The number of hydrogen-bond acceptors (Lipinski definition) is 5. The number of hydrogen-bond donors (Lipinski definition) is 0. The minimum absolute atomic E-state index is 0.0546. The fourth-order valence-electron chi connectivity index (χ4n) is 3.32. The van der Waals surface area contributed by atoms with Crippen LogP contribution in [-0.4, -0.2) is 58.9 Å². The lowest BCUT2D eigenvalue weighted by molar-refractivity contribution is -0.132. The average molecular weight is 386 g/mol. The zero-order chi connectivity index (χ0) is 18.8. The number of aromatic nitrogens is 3. The molecule has 140 valence electrons. The van der Waals surface area contributed by atoms with Crippen molar-refractivity contribution >= 4 is 34.2 Å². The highest BCUT2D eigenvalue weighted by atomic mass is 35.5. The number of amides is 1. The van der Waals surface area contributed by atoms with E-state index < -0.39 is 0 Å². The lowest BCUT2D eigenvalue weighted by atomic mass is 10.2. The van der Waals surface area contributed by atoms with Crippen LogP contribution in [0.2, 0.25) is 5.02 Å². The molecule has 1 aliphatic heterocycles. The molecular weight excluding hydrogens is 366 g/mol. The third-order valence-electron chi connectivity index (χ3n) is 4.81. The van der Waals surface area contributed by atoms with Crippen LogP contribution in [0.1, 0.15) is 0 Å². The number of anilines is 1. The molecule has 0 spiro atoms. The molecule has 0 unspecified atom stereocenters. The number of methoxy groups -OCH3 is 1. The number of carbonyl (C=O) groups excluding carboxylic acids is 1. The second-order valence-corrected chi connectivity index (χ2v) is 6.81. The Balaban J connectivity index is 1.39. The maximum atomic E-state index is 12.7. The summed E-state index contributed by atoms with van der Waals surface area (Å²) in [6, 6.07) is 9.55. The van der Waals surface area contributed by atoms with Crippen molar-refractivity contribution in [2.75, 3.05) is 38.2 Å². The fourth-order valence-corrected chi connectivity index (χ4v) is 3.51. The van der Waals surface area contributed by atoms with Gasteiger partial charge in [-0.2, -0.15) is 5.10 Å². The first-order valence-electron chi connectivity index (χ1n) is 8.78. The van der Waals surface area contributed by atoms with E-state index in [9.17, 15) is 4.79 Å². The molecule has 0 radical (unpaired) electrons. The number of fused-ring (bicyclic) bond motifs is 1. The fraction of sp³-hybridized carbons (Fsp3) is 0.316. The van der Waals surface area contributed by atoms with Crippen molar-refractivity contribution in [1.29, 1.82) is 0 Å². The van der Waals surface area contributed by atoms with Gasteiger partial charge in [-0.3, -0.25) is 4.79 Å². The number of piperazine rings is 1. The molecule has 1 saturated heterocycles. The molecule has 1 amide bonds. The van der Waals surface area contributed by atoms with Crippen LogP contribution in [0, 0.1) is 0 Å². The van der Waals surface area contributed by atoms with Crippen LogP contribution in [0.5, 0.6) is 5.75 Å². The van der Waals surface area contributed by atoms with Crippen LogP contribution in [-0.2, 0) is 11.3 Å². The van der Waals surface area contributed by atoms with Gasteiger partial charge in [-0.25, -0.2) is 9.67 Å². The Bertz CT molecular complexity index is 966. The smallest absolute Gasteiger partial charge is 0.244 e. The standard InChI is InChI=1S/C19H20ClN5O2/c1-27-17-11-15(4-5-16(17)20)23-7-9-24(10-8-23)18(26)13-25-19-14(12-22-25)3-2-6-21-19/h2-6,11-12H,7-10,13H2,1H3. The molecule has 27 heavy (non-hydrogen) atoms. The summed E-state index contributed by atoms with van der Waals surface area (Å²) in [6.45, 7) is 3.05. The summed E-state index contributed by atoms with van der Waals surface area (Å²) < 4.78 is 6.95. The Morgan fingerprint density at radius 2 is 2.04 bits per heavy atom. The average Bonchev–Trinajstić information content (AvgIpc) is 3.11. The first-order chi connectivity index (χ1) is 13.2. The van der Waals surface area contributed by atoms with Crippen molar-refractivity contribution < 1.29 is 9.53 Å². The third kappa shape index (κ3) is 3.55. The summed E-state index contributed by atoms with van der Waals surface area (Å²) in [5, 5.41) is 5.82. The van der Waals surface area contributed by atoms with E-state index in [0.29, 0.717) is 23.9 Å². The van der Waals surface area contributed by atoms with Crippen LogP contribution in [0.4, 0.5) is 5.69 Å². The van der Waals surface area contributed by atoms with Crippen molar-refractivity contribution in [1.82, 2.24) is 19.7 Å². The second kappa shape index (κ2) is 7.44. The predicted octanol–water partition coefficient (Wildman–Crippen LogP) is 2.44. The number of pyridine rings is 1. The Morgan fingerprint density at radius 1 is 1.22 bits per heavy atom. The van der Waals surface area contributed by atoms with Crippen LogP contribution in [0.3, 0.4) is 0 Å². The Labute approximate surface area is 162 Å². The molecule has 0 bridgehead atoms. The largest absolute Gasteiger partial charge is 0.495 e. The highest BCUT2D eigenvalue weighted by Crippen LogP contribution is 2.29. The van der Waals surface area contributed by atoms with Crippen LogP contribution in [0.25, 0.3) is 11.0 Å². The number of ether oxygens (including phenoxy) is 1.